The van der Waals surface area contributed by atoms with Crippen molar-refractivity contribution in [1.29, 1.82) is 0 Å². The Morgan fingerprint density at radius 3 is 2.26 bits per heavy atom. The van der Waals surface area contributed by atoms with Crippen molar-refractivity contribution in [2.24, 2.45) is 5.73 Å². The van der Waals surface area contributed by atoms with Gasteiger partial charge in [-0.15, -0.1) is 11.3 Å². The van der Waals surface area contributed by atoms with E-state index in [1.54, 1.807) is 41.6 Å². The van der Waals surface area contributed by atoms with E-state index >= 15 is 0 Å². The molecule has 0 unspecified atom stereocenters. The molecule has 1 aliphatic rings. The molecule has 2 heterocycles. The third-order valence-corrected chi connectivity index (χ3v) is 8.41. The van der Waals surface area contributed by atoms with Crippen LogP contribution in [0.4, 0.5) is 5.00 Å². The van der Waals surface area contributed by atoms with E-state index in [0.29, 0.717) is 29.2 Å². The number of hydrogen-bond donors (Lipinski definition) is 2. The molecule has 1 saturated heterocycles. The van der Waals surface area contributed by atoms with Gasteiger partial charge in [-0.2, -0.15) is 4.31 Å². The lowest BCUT2D eigenvalue weighted by atomic mass is 10.1. The molecule has 3 N–H and O–H groups in total. The highest BCUT2D eigenvalue weighted by Crippen LogP contribution is 2.32. The number of nitrogens with zero attached hydrogens (tertiary/aromatic N) is 1. The van der Waals surface area contributed by atoms with E-state index in [4.69, 9.17) is 5.73 Å². The first-order chi connectivity index (χ1) is 14.7. The predicted octanol–water partition coefficient (Wildman–Crippen LogP) is 3.68. The van der Waals surface area contributed by atoms with Crippen molar-refractivity contribution in [3.05, 3.63) is 51.9 Å². The minimum Gasteiger partial charge on any atom is -0.365 e. The number of nitrogens with one attached hydrogen (secondary N) is 1. The van der Waals surface area contributed by atoms with Gasteiger partial charge in [-0.3, -0.25) is 9.59 Å². The molecule has 1 aromatic carbocycles. The molecule has 7 nitrogen and oxygen atoms in total. The first-order valence-corrected chi connectivity index (χ1v) is 12.4. The number of nitrogens with two attached hydrogens (primary N) is 1. The number of carbonyl (C=O) groups excluding carboxylic acids is 2. The maximum absolute atomic E-state index is 12.8. The molecule has 0 saturated carbocycles. The van der Waals surface area contributed by atoms with Gasteiger partial charge in [0, 0.05) is 24.0 Å². The Bertz CT molecular complexity index is 1090. The smallest absolute Gasteiger partial charge is 0.251 e. The van der Waals surface area contributed by atoms with E-state index in [0.717, 1.165) is 36.1 Å². The minimum atomic E-state index is -3.50. The molecule has 2 aromatic rings. The van der Waals surface area contributed by atoms with Crippen LogP contribution in [0.25, 0.3) is 6.08 Å². The fraction of sp³-hybridized carbons (Fsp3) is 0.364. The summed E-state index contributed by atoms with van der Waals surface area (Å²) in [4.78, 5) is 25.1. The number of thiophene rings is 1. The molecule has 0 spiro atoms. The highest BCUT2D eigenvalue weighted by atomic mass is 32.2. The first-order valence-electron chi connectivity index (χ1n) is 10.2. The van der Waals surface area contributed by atoms with Gasteiger partial charge >= 0.3 is 0 Å². The second kappa shape index (κ2) is 9.76. The number of rotatable bonds is 6. The summed E-state index contributed by atoms with van der Waals surface area (Å²) in [6, 6.07) is 6.47. The van der Waals surface area contributed by atoms with Gasteiger partial charge in [0.1, 0.15) is 5.00 Å². The van der Waals surface area contributed by atoms with Gasteiger partial charge in [0.2, 0.25) is 15.9 Å². The van der Waals surface area contributed by atoms with E-state index in [-0.39, 0.29) is 4.90 Å². The number of anilines is 1. The quantitative estimate of drug-likeness (QED) is 0.640. The van der Waals surface area contributed by atoms with Crippen molar-refractivity contribution in [1.82, 2.24) is 4.31 Å². The molecule has 31 heavy (non-hydrogen) atoms. The van der Waals surface area contributed by atoms with Crippen LogP contribution in [0.15, 0.2) is 35.2 Å². The van der Waals surface area contributed by atoms with Gasteiger partial charge in [0.25, 0.3) is 5.91 Å². The Morgan fingerprint density at radius 2 is 1.68 bits per heavy atom. The molecule has 0 aliphatic carbocycles. The molecular formula is C22H27N3O4S2. The summed E-state index contributed by atoms with van der Waals surface area (Å²) in [6.45, 7) is 4.76. The summed E-state index contributed by atoms with van der Waals surface area (Å²) in [5.74, 6) is -0.979. The van der Waals surface area contributed by atoms with Crippen LogP contribution in [0, 0.1) is 13.8 Å². The maximum atomic E-state index is 12.8. The number of sulfonamides is 1. The predicted molar refractivity (Wildman–Crippen MR) is 124 cm³/mol. The molecule has 2 amide bonds. The van der Waals surface area contributed by atoms with Gasteiger partial charge in [-0.25, -0.2) is 8.42 Å². The molecular weight excluding hydrogens is 434 g/mol. The second-order valence-electron chi connectivity index (χ2n) is 7.56. The van der Waals surface area contributed by atoms with Crippen LogP contribution in [0.2, 0.25) is 0 Å². The Hall–Kier alpha value is -2.49. The largest absolute Gasteiger partial charge is 0.365 e. The third-order valence-electron chi connectivity index (χ3n) is 5.38. The number of primary amides is 1. The molecule has 9 heteroatoms. The molecule has 166 valence electrons. The maximum Gasteiger partial charge on any atom is 0.251 e. The Balaban J connectivity index is 1.69. The van der Waals surface area contributed by atoms with Crippen molar-refractivity contribution in [3.8, 4) is 0 Å². The molecule has 1 aromatic heterocycles. The lowest BCUT2D eigenvalue weighted by Crippen LogP contribution is -2.31. The topological polar surface area (TPSA) is 110 Å². The number of hydrogen-bond acceptors (Lipinski definition) is 5. The normalized spacial score (nSPS) is 15.7. The minimum absolute atomic E-state index is 0.256. The Morgan fingerprint density at radius 1 is 1.06 bits per heavy atom. The van der Waals surface area contributed by atoms with Crippen molar-refractivity contribution < 1.29 is 18.0 Å². The summed E-state index contributed by atoms with van der Waals surface area (Å²) in [5, 5.41) is 3.12. The fourth-order valence-electron chi connectivity index (χ4n) is 3.52. The van der Waals surface area contributed by atoms with Crippen LogP contribution in [0.3, 0.4) is 0 Å². The molecule has 1 fully saturated rings. The molecule has 0 atom stereocenters. The molecule has 0 radical (unpaired) electrons. The zero-order valence-electron chi connectivity index (χ0n) is 17.7. The van der Waals surface area contributed by atoms with Crippen molar-refractivity contribution in [2.45, 2.75) is 44.4 Å². The summed E-state index contributed by atoms with van der Waals surface area (Å²) in [7, 11) is -3.50. The van der Waals surface area contributed by atoms with Gasteiger partial charge in [0.15, 0.2) is 0 Å². The Kier molecular flexibility index (Phi) is 7.30. The summed E-state index contributed by atoms with van der Waals surface area (Å²) >= 11 is 1.30. The average molecular weight is 462 g/mol. The van der Waals surface area contributed by atoms with Crippen molar-refractivity contribution in [2.75, 3.05) is 18.4 Å². The highest BCUT2D eigenvalue weighted by Gasteiger charge is 2.24. The van der Waals surface area contributed by atoms with Gasteiger partial charge in [0.05, 0.1) is 10.5 Å². The van der Waals surface area contributed by atoms with E-state index in [1.165, 1.54) is 17.4 Å². The third kappa shape index (κ3) is 5.41. The lowest BCUT2D eigenvalue weighted by molar-refractivity contribution is -0.111. The standard InChI is InChI=1S/C22H27N3O4S2/c1-15-16(2)30-22(20(15)21(23)27)24-19(26)12-9-17-7-10-18(11-8-17)31(28,29)25-13-5-3-4-6-14-25/h7-12H,3-6,13-14H2,1-2H3,(H2,23,27)(H,24,26)/b12-9+. The van der Waals surface area contributed by atoms with Crippen molar-refractivity contribution >= 4 is 44.3 Å². The van der Waals surface area contributed by atoms with Crippen LogP contribution >= 0.6 is 11.3 Å². The van der Waals surface area contributed by atoms with Gasteiger partial charge in [-0.1, -0.05) is 25.0 Å². The lowest BCUT2D eigenvalue weighted by Gasteiger charge is -2.19. The SMILES string of the molecule is Cc1sc(NC(=O)/C=C/c2ccc(S(=O)(=O)N3CCCCCC3)cc2)c(C(N)=O)c1C. The van der Waals surface area contributed by atoms with Crippen LogP contribution < -0.4 is 11.1 Å². The van der Waals surface area contributed by atoms with Gasteiger partial charge < -0.3 is 11.1 Å². The average Bonchev–Trinajstić information content (AvgIpc) is 2.92. The number of amides is 2. The Labute approximate surface area is 187 Å². The van der Waals surface area contributed by atoms with Crippen LogP contribution in [0.1, 0.15) is 52.0 Å². The highest BCUT2D eigenvalue weighted by molar-refractivity contribution is 7.89. The number of carbonyl (C=O) groups is 2. The number of benzene rings is 1. The molecule has 0 bridgehead atoms. The van der Waals surface area contributed by atoms with E-state index < -0.39 is 21.8 Å². The number of aryl methyl sites for hydroxylation is 1. The fourth-order valence-corrected chi connectivity index (χ4v) is 6.10. The van der Waals surface area contributed by atoms with Crippen molar-refractivity contribution in [3.63, 3.8) is 0 Å². The summed E-state index contributed by atoms with van der Waals surface area (Å²) in [5.41, 5.74) is 7.21. The van der Waals surface area contributed by atoms with Crippen LogP contribution in [-0.2, 0) is 14.8 Å². The zero-order chi connectivity index (χ0) is 22.6. The summed E-state index contributed by atoms with van der Waals surface area (Å²) in [6.07, 6.45) is 6.82. The van der Waals surface area contributed by atoms with E-state index in [1.807, 2.05) is 6.92 Å². The molecule has 3 rings (SSSR count). The molecule has 1 aliphatic heterocycles. The van der Waals surface area contributed by atoms with Crippen LogP contribution in [0.5, 0.6) is 0 Å². The zero-order valence-corrected chi connectivity index (χ0v) is 19.3. The summed E-state index contributed by atoms with van der Waals surface area (Å²) < 4.78 is 27.2. The van der Waals surface area contributed by atoms with Crippen LogP contribution in [-0.4, -0.2) is 37.6 Å². The monoisotopic (exact) mass is 461 g/mol. The first kappa shape index (κ1) is 23.2. The van der Waals surface area contributed by atoms with E-state index in [9.17, 15) is 18.0 Å². The van der Waals surface area contributed by atoms with E-state index in [2.05, 4.69) is 5.32 Å². The second-order valence-corrected chi connectivity index (χ2v) is 10.7. The van der Waals surface area contributed by atoms with Gasteiger partial charge in [-0.05, 0) is 56.0 Å².